The maximum atomic E-state index is 12.8. The molecule has 0 bridgehead atoms. The molecule has 144 valence electrons. The highest BCUT2D eigenvalue weighted by Gasteiger charge is 2.19. The van der Waals surface area contributed by atoms with E-state index in [1.165, 1.54) is 0 Å². The highest BCUT2D eigenvalue weighted by atomic mass is 79.9. The van der Waals surface area contributed by atoms with Crippen LogP contribution in [0, 0.1) is 6.92 Å². The lowest BCUT2D eigenvalue weighted by Gasteiger charge is -2.05. The fourth-order valence-electron chi connectivity index (χ4n) is 3.06. The number of hydrogen-bond donors (Lipinski definition) is 1. The number of hydrogen-bond acceptors (Lipinski definition) is 3. The third kappa shape index (κ3) is 3.97. The molecule has 0 spiro atoms. The summed E-state index contributed by atoms with van der Waals surface area (Å²) in [6.45, 7) is 1.84. The SMILES string of the molecule is Cc1c(C(=O)c2ccc(Cl)cc2)oc2cc(NC(=O)c3ccc(Br)cc3)ccc12. The van der Waals surface area contributed by atoms with Crippen molar-refractivity contribution < 1.29 is 14.0 Å². The van der Waals surface area contributed by atoms with E-state index in [1.807, 2.05) is 25.1 Å². The zero-order chi connectivity index (χ0) is 20.5. The van der Waals surface area contributed by atoms with E-state index < -0.39 is 0 Å². The number of furan rings is 1. The molecule has 0 aliphatic heterocycles. The van der Waals surface area contributed by atoms with E-state index in [1.54, 1.807) is 48.5 Å². The zero-order valence-corrected chi connectivity index (χ0v) is 17.7. The number of anilines is 1. The van der Waals surface area contributed by atoms with Crippen molar-refractivity contribution in [1.29, 1.82) is 0 Å². The van der Waals surface area contributed by atoms with Crippen molar-refractivity contribution in [1.82, 2.24) is 0 Å². The van der Waals surface area contributed by atoms with Gasteiger partial charge in [0.25, 0.3) is 5.91 Å². The largest absolute Gasteiger partial charge is 0.452 e. The average molecular weight is 469 g/mol. The molecule has 0 atom stereocenters. The number of benzene rings is 3. The van der Waals surface area contributed by atoms with Crippen molar-refractivity contribution >= 4 is 55.9 Å². The van der Waals surface area contributed by atoms with Crippen LogP contribution in [0.3, 0.4) is 0 Å². The second-order valence-corrected chi connectivity index (χ2v) is 7.92. The third-order valence-corrected chi connectivity index (χ3v) is 5.40. The molecular weight excluding hydrogens is 454 g/mol. The summed E-state index contributed by atoms with van der Waals surface area (Å²) in [5.74, 6) is -0.160. The molecule has 0 radical (unpaired) electrons. The maximum absolute atomic E-state index is 12.8. The number of ketones is 1. The Kier molecular flexibility index (Phi) is 5.26. The summed E-state index contributed by atoms with van der Waals surface area (Å²) in [5, 5.41) is 4.24. The van der Waals surface area contributed by atoms with Crippen molar-refractivity contribution in [2.75, 3.05) is 5.32 Å². The van der Waals surface area contributed by atoms with E-state index in [4.69, 9.17) is 16.0 Å². The van der Waals surface area contributed by atoms with E-state index in [9.17, 15) is 9.59 Å². The molecule has 6 heteroatoms. The molecule has 4 nitrogen and oxygen atoms in total. The van der Waals surface area contributed by atoms with Gasteiger partial charge in [0.15, 0.2) is 5.76 Å². The van der Waals surface area contributed by atoms with Crippen LogP contribution >= 0.6 is 27.5 Å². The van der Waals surface area contributed by atoms with E-state index >= 15 is 0 Å². The number of nitrogens with one attached hydrogen (secondary N) is 1. The monoisotopic (exact) mass is 467 g/mol. The second kappa shape index (κ2) is 7.85. The Morgan fingerprint density at radius 2 is 1.59 bits per heavy atom. The van der Waals surface area contributed by atoms with Crippen LogP contribution in [0.2, 0.25) is 5.02 Å². The predicted octanol–water partition coefficient (Wildman–Crippen LogP) is 6.64. The molecular formula is C23H15BrClNO3. The summed E-state index contributed by atoms with van der Waals surface area (Å²) >= 11 is 9.25. The Labute approximate surface area is 180 Å². The van der Waals surface area contributed by atoms with Crippen LogP contribution in [-0.2, 0) is 0 Å². The average Bonchev–Trinajstić information content (AvgIpc) is 3.04. The van der Waals surface area contributed by atoms with Gasteiger partial charge >= 0.3 is 0 Å². The molecule has 0 aliphatic rings. The first-order valence-corrected chi connectivity index (χ1v) is 10.00. The van der Waals surface area contributed by atoms with Crippen LogP contribution in [-0.4, -0.2) is 11.7 Å². The summed E-state index contributed by atoms with van der Waals surface area (Å²) in [6.07, 6.45) is 0. The number of carbonyl (C=O) groups excluding carboxylic acids is 2. The van der Waals surface area contributed by atoms with Crippen molar-refractivity contribution in [2.24, 2.45) is 0 Å². The normalized spacial score (nSPS) is 10.9. The molecule has 0 aliphatic carbocycles. The minimum absolute atomic E-state index is 0.212. The van der Waals surface area contributed by atoms with Crippen molar-refractivity contribution in [3.63, 3.8) is 0 Å². The van der Waals surface area contributed by atoms with Gasteiger partial charge in [0.1, 0.15) is 5.58 Å². The van der Waals surface area contributed by atoms with Crippen LogP contribution in [0.25, 0.3) is 11.0 Å². The first-order chi connectivity index (χ1) is 13.9. The number of rotatable bonds is 4. The van der Waals surface area contributed by atoms with Gasteiger partial charge in [-0.25, -0.2) is 0 Å². The lowest BCUT2D eigenvalue weighted by Crippen LogP contribution is -2.11. The number of carbonyl (C=O) groups is 2. The number of fused-ring (bicyclic) bond motifs is 1. The Balaban J connectivity index is 1.63. The van der Waals surface area contributed by atoms with Crippen LogP contribution in [0.15, 0.2) is 75.6 Å². The lowest BCUT2D eigenvalue weighted by atomic mass is 10.0. The number of aryl methyl sites for hydroxylation is 1. The molecule has 1 amide bonds. The summed E-state index contributed by atoms with van der Waals surface area (Å²) in [4.78, 5) is 25.2. The lowest BCUT2D eigenvalue weighted by molar-refractivity contribution is 0.101. The van der Waals surface area contributed by atoms with Gasteiger partial charge in [-0.15, -0.1) is 0 Å². The minimum atomic E-state index is -0.224. The summed E-state index contributed by atoms with van der Waals surface area (Å²) in [5.41, 5.74) is 2.92. The predicted molar refractivity (Wildman–Crippen MR) is 118 cm³/mol. The quantitative estimate of drug-likeness (QED) is 0.342. The molecule has 1 heterocycles. The highest BCUT2D eigenvalue weighted by molar-refractivity contribution is 9.10. The van der Waals surface area contributed by atoms with Gasteiger partial charge in [0, 0.05) is 43.3 Å². The smallest absolute Gasteiger partial charge is 0.255 e. The first-order valence-electron chi connectivity index (χ1n) is 8.83. The molecule has 4 rings (SSSR count). The standard InChI is InChI=1S/C23H15BrClNO3/c1-13-19-11-10-18(26-23(28)15-2-6-16(24)7-3-15)12-20(19)29-22(13)21(27)14-4-8-17(25)9-5-14/h2-12H,1H3,(H,26,28). The fraction of sp³-hybridized carbons (Fsp3) is 0.0435. The number of halogens is 2. The molecule has 1 N–H and O–H groups in total. The molecule has 1 aromatic heterocycles. The second-order valence-electron chi connectivity index (χ2n) is 6.56. The van der Waals surface area contributed by atoms with Gasteiger partial charge in [-0.3, -0.25) is 9.59 Å². The number of amides is 1. The molecule has 0 unspecified atom stereocenters. The Morgan fingerprint density at radius 1 is 0.931 bits per heavy atom. The maximum Gasteiger partial charge on any atom is 0.255 e. The van der Waals surface area contributed by atoms with Crippen molar-refractivity contribution in [3.05, 3.63) is 98.7 Å². The minimum Gasteiger partial charge on any atom is -0.452 e. The molecule has 0 saturated heterocycles. The zero-order valence-electron chi connectivity index (χ0n) is 15.3. The van der Waals surface area contributed by atoms with E-state index in [0.717, 1.165) is 15.4 Å². The van der Waals surface area contributed by atoms with Crippen molar-refractivity contribution in [3.8, 4) is 0 Å². The summed E-state index contributed by atoms with van der Waals surface area (Å²) < 4.78 is 6.75. The first kappa shape index (κ1) is 19.4. The summed E-state index contributed by atoms with van der Waals surface area (Å²) in [6, 6.07) is 19.1. The van der Waals surface area contributed by atoms with E-state index in [2.05, 4.69) is 21.2 Å². The molecule has 3 aromatic carbocycles. The molecule has 0 fully saturated rings. The summed E-state index contributed by atoms with van der Waals surface area (Å²) in [7, 11) is 0. The van der Waals surface area contributed by atoms with Gasteiger partial charge in [0.2, 0.25) is 5.78 Å². The van der Waals surface area contributed by atoms with E-state index in [-0.39, 0.29) is 17.5 Å². The van der Waals surface area contributed by atoms with Gasteiger partial charge in [-0.2, -0.15) is 0 Å². The van der Waals surface area contributed by atoms with E-state index in [0.29, 0.717) is 27.4 Å². The highest BCUT2D eigenvalue weighted by Crippen LogP contribution is 2.30. The third-order valence-electron chi connectivity index (χ3n) is 4.62. The Hall–Kier alpha value is -2.89. The Bertz CT molecular complexity index is 1230. The van der Waals surface area contributed by atoms with Crippen LogP contribution < -0.4 is 5.32 Å². The molecule has 0 saturated carbocycles. The van der Waals surface area contributed by atoms with Crippen LogP contribution in [0.4, 0.5) is 5.69 Å². The van der Waals surface area contributed by atoms with Crippen molar-refractivity contribution in [2.45, 2.75) is 6.92 Å². The van der Waals surface area contributed by atoms with Gasteiger partial charge in [-0.05, 0) is 67.6 Å². The fourth-order valence-corrected chi connectivity index (χ4v) is 3.45. The van der Waals surface area contributed by atoms with Crippen LogP contribution in [0.5, 0.6) is 0 Å². The Morgan fingerprint density at radius 3 is 2.28 bits per heavy atom. The van der Waals surface area contributed by atoms with Gasteiger partial charge < -0.3 is 9.73 Å². The molecule has 29 heavy (non-hydrogen) atoms. The van der Waals surface area contributed by atoms with Gasteiger partial charge in [-0.1, -0.05) is 27.5 Å². The molecule has 4 aromatic rings. The van der Waals surface area contributed by atoms with Gasteiger partial charge in [0.05, 0.1) is 0 Å². The topological polar surface area (TPSA) is 59.3 Å². The van der Waals surface area contributed by atoms with Crippen LogP contribution in [0.1, 0.15) is 32.0 Å².